The Morgan fingerprint density at radius 1 is 1.28 bits per heavy atom. The van der Waals surface area contributed by atoms with Gasteiger partial charge in [-0.2, -0.15) is 11.8 Å². The first-order valence-corrected chi connectivity index (χ1v) is 9.36. The molecule has 2 aromatic heterocycles. The van der Waals surface area contributed by atoms with Crippen molar-refractivity contribution in [2.45, 2.75) is 12.5 Å². The van der Waals surface area contributed by atoms with Crippen molar-refractivity contribution in [1.29, 1.82) is 0 Å². The standard InChI is InChI=1S/C18H20N4O2S/c1-24-14-7-5-6-13(12-14)18(23)19-15(9-11-25-2)17-21-20-16-8-3-4-10-22(16)17/h3-8,10,12,15H,9,11H2,1-2H3,(H,19,23). The van der Waals surface area contributed by atoms with Crippen molar-refractivity contribution in [2.24, 2.45) is 0 Å². The number of thioether (sulfide) groups is 1. The second-order valence-corrected chi connectivity index (χ2v) is 6.51. The van der Waals surface area contributed by atoms with Gasteiger partial charge < -0.3 is 10.1 Å². The summed E-state index contributed by atoms with van der Waals surface area (Å²) in [4.78, 5) is 12.7. The van der Waals surface area contributed by atoms with Crippen molar-refractivity contribution in [1.82, 2.24) is 19.9 Å². The van der Waals surface area contributed by atoms with E-state index in [4.69, 9.17) is 4.74 Å². The number of pyridine rings is 1. The number of nitrogens with zero attached hydrogens (tertiary/aromatic N) is 3. The average molecular weight is 356 g/mol. The lowest BCUT2D eigenvalue weighted by molar-refractivity contribution is 0.0933. The second kappa shape index (κ2) is 8.02. The van der Waals surface area contributed by atoms with E-state index in [1.165, 1.54) is 0 Å². The maximum atomic E-state index is 12.7. The minimum absolute atomic E-state index is 0.155. The summed E-state index contributed by atoms with van der Waals surface area (Å²) >= 11 is 1.73. The molecule has 2 heterocycles. The topological polar surface area (TPSA) is 68.5 Å². The number of benzene rings is 1. The van der Waals surface area contributed by atoms with Crippen molar-refractivity contribution < 1.29 is 9.53 Å². The van der Waals surface area contributed by atoms with Crippen LogP contribution in [0.25, 0.3) is 5.65 Å². The van der Waals surface area contributed by atoms with Crippen LogP contribution in [0.3, 0.4) is 0 Å². The molecule has 0 aliphatic carbocycles. The third-order valence-corrected chi connectivity index (χ3v) is 4.54. The van der Waals surface area contributed by atoms with Crippen LogP contribution in [-0.2, 0) is 0 Å². The monoisotopic (exact) mass is 356 g/mol. The van der Waals surface area contributed by atoms with Gasteiger partial charge in [-0.05, 0) is 48.8 Å². The van der Waals surface area contributed by atoms with Crippen molar-refractivity contribution in [3.8, 4) is 5.75 Å². The Bertz CT molecular complexity index is 865. The van der Waals surface area contributed by atoms with Crippen LogP contribution in [0, 0.1) is 0 Å². The number of ether oxygens (including phenoxy) is 1. The van der Waals surface area contributed by atoms with Gasteiger partial charge in [0.15, 0.2) is 11.5 Å². The molecule has 0 radical (unpaired) electrons. The van der Waals surface area contributed by atoms with Gasteiger partial charge in [-0.15, -0.1) is 10.2 Å². The normalized spacial score (nSPS) is 12.1. The van der Waals surface area contributed by atoms with Gasteiger partial charge in [0.05, 0.1) is 13.2 Å². The van der Waals surface area contributed by atoms with Crippen LogP contribution in [-0.4, -0.2) is 39.6 Å². The van der Waals surface area contributed by atoms with Crippen LogP contribution in [0.15, 0.2) is 48.7 Å². The molecule has 6 nitrogen and oxygen atoms in total. The molecule has 0 saturated heterocycles. The Labute approximate surface area is 150 Å². The first-order valence-electron chi connectivity index (χ1n) is 7.96. The zero-order valence-electron chi connectivity index (χ0n) is 14.2. The summed E-state index contributed by atoms with van der Waals surface area (Å²) < 4.78 is 7.11. The Hall–Kier alpha value is -2.54. The van der Waals surface area contributed by atoms with E-state index in [2.05, 4.69) is 15.5 Å². The number of carbonyl (C=O) groups excluding carboxylic acids is 1. The molecule has 0 aliphatic rings. The van der Waals surface area contributed by atoms with Crippen LogP contribution >= 0.6 is 11.8 Å². The van der Waals surface area contributed by atoms with Gasteiger partial charge in [0.1, 0.15) is 5.75 Å². The van der Waals surface area contributed by atoms with Gasteiger partial charge >= 0.3 is 0 Å². The highest BCUT2D eigenvalue weighted by Crippen LogP contribution is 2.20. The number of rotatable bonds is 7. The predicted octanol–water partition coefficient (Wildman–Crippen LogP) is 2.96. The SMILES string of the molecule is COc1cccc(C(=O)NC(CCSC)c2nnc3ccccn23)c1. The fourth-order valence-corrected chi connectivity index (χ4v) is 3.08. The summed E-state index contributed by atoms with van der Waals surface area (Å²) in [6.07, 6.45) is 4.73. The summed E-state index contributed by atoms with van der Waals surface area (Å²) in [5.74, 6) is 2.14. The van der Waals surface area contributed by atoms with Gasteiger partial charge in [0.25, 0.3) is 5.91 Å². The predicted molar refractivity (Wildman–Crippen MR) is 99.2 cm³/mol. The molecule has 1 atom stereocenters. The molecule has 1 aromatic carbocycles. The van der Waals surface area contributed by atoms with E-state index in [1.54, 1.807) is 37.1 Å². The van der Waals surface area contributed by atoms with E-state index in [9.17, 15) is 4.79 Å². The van der Waals surface area contributed by atoms with Gasteiger partial charge in [-0.1, -0.05) is 12.1 Å². The number of amides is 1. The molecule has 130 valence electrons. The number of hydrogen-bond donors (Lipinski definition) is 1. The number of aromatic nitrogens is 3. The molecule has 1 amide bonds. The number of fused-ring (bicyclic) bond motifs is 1. The van der Waals surface area contributed by atoms with E-state index in [1.807, 2.05) is 41.1 Å². The quantitative estimate of drug-likeness (QED) is 0.705. The van der Waals surface area contributed by atoms with Crippen LogP contribution in [0.4, 0.5) is 0 Å². The lowest BCUT2D eigenvalue weighted by atomic mass is 10.1. The third kappa shape index (κ3) is 3.93. The molecule has 0 bridgehead atoms. The maximum absolute atomic E-state index is 12.7. The molecule has 25 heavy (non-hydrogen) atoms. The molecule has 3 aromatic rings. The largest absolute Gasteiger partial charge is 0.497 e. The van der Waals surface area contributed by atoms with Gasteiger partial charge in [-0.25, -0.2) is 0 Å². The minimum Gasteiger partial charge on any atom is -0.497 e. The van der Waals surface area contributed by atoms with E-state index >= 15 is 0 Å². The molecule has 0 spiro atoms. The first-order chi connectivity index (χ1) is 12.2. The van der Waals surface area contributed by atoms with Crippen LogP contribution in [0.2, 0.25) is 0 Å². The molecular formula is C18H20N4O2S. The summed E-state index contributed by atoms with van der Waals surface area (Å²) in [6, 6.07) is 12.6. The molecule has 0 saturated carbocycles. The number of carbonyl (C=O) groups is 1. The number of nitrogens with one attached hydrogen (secondary N) is 1. The highest BCUT2D eigenvalue weighted by molar-refractivity contribution is 7.98. The van der Waals surface area contributed by atoms with E-state index in [-0.39, 0.29) is 11.9 Å². The smallest absolute Gasteiger partial charge is 0.252 e. The van der Waals surface area contributed by atoms with Crippen LogP contribution < -0.4 is 10.1 Å². The summed E-state index contributed by atoms with van der Waals surface area (Å²) in [5.41, 5.74) is 1.32. The van der Waals surface area contributed by atoms with Crippen molar-refractivity contribution in [2.75, 3.05) is 19.1 Å². The number of methoxy groups -OCH3 is 1. The molecule has 1 N–H and O–H groups in total. The van der Waals surface area contributed by atoms with Gasteiger partial charge in [0.2, 0.25) is 0 Å². The summed E-state index contributed by atoms with van der Waals surface area (Å²) in [6.45, 7) is 0. The van der Waals surface area contributed by atoms with Gasteiger partial charge in [0, 0.05) is 11.8 Å². The zero-order valence-corrected chi connectivity index (χ0v) is 15.0. The Balaban J connectivity index is 1.86. The Morgan fingerprint density at radius 2 is 2.16 bits per heavy atom. The average Bonchev–Trinajstić information content (AvgIpc) is 3.09. The Kier molecular flexibility index (Phi) is 5.55. The molecule has 3 rings (SSSR count). The summed E-state index contributed by atoms with van der Waals surface area (Å²) in [7, 11) is 1.58. The Morgan fingerprint density at radius 3 is 2.96 bits per heavy atom. The van der Waals surface area contributed by atoms with Gasteiger partial charge in [-0.3, -0.25) is 9.20 Å². The van der Waals surface area contributed by atoms with E-state index in [0.29, 0.717) is 11.3 Å². The fraction of sp³-hybridized carbons (Fsp3) is 0.278. The summed E-state index contributed by atoms with van der Waals surface area (Å²) in [5, 5.41) is 11.6. The fourth-order valence-electron chi connectivity index (χ4n) is 2.60. The molecule has 0 aliphatic heterocycles. The van der Waals surface area contributed by atoms with Crippen molar-refractivity contribution in [3.05, 3.63) is 60.0 Å². The zero-order chi connectivity index (χ0) is 17.6. The molecule has 0 fully saturated rings. The number of hydrogen-bond acceptors (Lipinski definition) is 5. The van der Waals surface area contributed by atoms with E-state index < -0.39 is 0 Å². The highest BCUT2D eigenvalue weighted by atomic mass is 32.2. The van der Waals surface area contributed by atoms with Crippen molar-refractivity contribution >= 4 is 23.3 Å². The molecular weight excluding hydrogens is 336 g/mol. The van der Waals surface area contributed by atoms with E-state index in [0.717, 1.165) is 23.6 Å². The highest BCUT2D eigenvalue weighted by Gasteiger charge is 2.21. The second-order valence-electron chi connectivity index (χ2n) is 5.53. The van der Waals surface area contributed by atoms with Crippen molar-refractivity contribution in [3.63, 3.8) is 0 Å². The molecule has 7 heteroatoms. The van der Waals surface area contributed by atoms with Crippen LogP contribution in [0.5, 0.6) is 5.75 Å². The lowest BCUT2D eigenvalue weighted by Crippen LogP contribution is -2.30. The first kappa shape index (κ1) is 17.3. The lowest BCUT2D eigenvalue weighted by Gasteiger charge is -2.17. The van der Waals surface area contributed by atoms with Crippen LogP contribution in [0.1, 0.15) is 28.6 Å². The molecule has 1 unspecified atom stereocenters. The maximum Gasteiger partial charge on any atom is 0.252 e. The third-order valence-electron chi connectivity index (χ3n) is 3.90. The minimum atomic E-state index is -0.219.